The zero-order valence-corrected chi connectivity index (χ0v) is 15.0. The highest BCUT2D eigenvalue weighted by atomic mass is 79.9. The van der Waals surface area contributed by atoms with Crippen LogP contribution in [0.5, 0.6) is 0 Å². The van der Waals surface area contributed by atoms with E-state index in [9.17, 15) is 0 Å². The fourth-order valence-corrected chi connectivity index (χ4v) is 2.34. The van der Waals surface area contributed by atoms with Crippen molar-refractivity contribution in [3.05, 3.63) is 8.96 Å². The lowest BCUT2D eigenvalue weighted by Gasteiger charge is -2.00. The van der Waals surface area contributed by atoms with Gasteiger partial charge in [0.2, 0.25) is 0 Å². The van der Waals surface area contributed by atoms with E-state index in [0.29, 0.717) is 0 Å². The van der Waals surface area contributed by atoms with E-state index >= 15 is 0 Å². The Balaban J connectivity index is 3.91. The molecular weight excluding hydrogens is 352 g/mol. The Morgan fingerprint density at radius 2 is 1.44 bits per heavy atom. The fraction of sp³-hybridized carbons (Fsp3) is 0.750. The van der Waals surface area contributed by atoms with Gasteiger partial charge in [0, 0.05) is 12.0 Å². The third-order valence-corrected chi connectivity index (χ3v) is 3.86. The van der Waals surface area contributed by atoms with Crippen molar-refractivity contribution in [2.75, 3.05) is 0 Å². The molecule has 0 nitrogen and oxygen atoms in total. The molecule has 0 aromatic rings. The van der Waals surface area contributed by atoms with Gasteiger partial charge in [0.15, 0.2) is 0 Å². The van der Waals surface area contributed by atoms with Crippen LogP contribution in [0, 0.1) is 11.8 Å². The third kappa shape index (κ3) is 11.4. The molecule has 0 radical (unpaired) electrons. The molecule has 0 aromatic carbocycles. The number of rotatable bonds is 9. The second kappa shape index (κ2) is 13.7. The first-order valence-corrected chi connectivity index (χ1v) is 8.84. The topological polar surface area (TPSA) is 0 Å². The van der Waals surface area contributed by atoms with Crippen molar-refractivity contribution in [1.29, 1.82) is 0 Å². The van der Waals surface area contributed by atoms with Gasteiger partial charge in [-0.1, -0.05) is 64.2 Å². The molecule has 0 N–H and O–H groups in total. The summed E-state index contributed by atoms with van der Waals surface area (Å²) in [5.41, 5.74) is 1.22. The van der Waals surface area contributed by atoms with Crippen LogP contribution in [-0.4, -0.2) is 0 Å². The maximum atomic E-state index is 3.50. The smallest absolute Gasteiger partial charge is 0.0719 e. The number of hydrogen-bond donors (Lipinski definition) is 0. The SMILES string of the molecule is CCCCCCC#CC(CCCCCC)=C(Br)Br. The Hall–Kier alpha value is 0.260. The highest BCUT2D eigenvalue weighted by Gasteiger charge is 1.98. The van der Waals surface area contributed by atoms with Crippen LogP contribution < -0.4 is 0 Å². The first-order valence-electron chi connectivity index (χ1n) is 7.25. The van der Waals surface area contributed by atoms with Crippen LogP contribution in [0.3, 0.4) is 0 Å². The van der Waals surface area contributed by atoms with Gasteiger partial charge in [-0.25, -0.2) is 0 Å². The maximum absolute atomic E-state index is 3.50. The van der Waals surface area contributed by atoms with E-state index in [1.54, 1.807) is 0 Å². The number of unbranched alkanes of at least 4 members (excludes halogenated alkanes) is 7. The minimum absolute atomic E-state index is 1.03. The summed E-state index contributed by atoms with van der Waals surface area (Å²) in [6.45, 7) is 4.48. The van der Waals surface area contributed by atoms with Crippen molar-refractivity contribution in [1.82, 2.24) is 0 Å². The molecule has 0 saturated heterocycles. The molecule has 0 aromatic heterocycles. The Bertz CT molecular complexity index is 277. The Labute approximate surface area is 130 Å². The zero-order valence-electron chi connectivity index (χ0n) is 11.8. The van der Waals surface area contributed by atoms with E-state index in [4.69, 9.17) is 0 Å². The van der Waals surface area contributed by atoms with Crippen molar-refractivity contribution in [2.45, 2.75) is 78.1 Å². The summed E-state index contributed by atoms with van der Waals surface area (Å²) < 4.78 is 1.03. The summed E-state index contributed by atoms with van der Waals surface area (Å²) in [5.74, 6) is 6.61. The van der Waals surface area contributed by atoms with Crippen LogP contribution >= 0.6 is 31.9 Å². The summed E-state index contributed by atoms with van der Waals surface area (Å²) >= 11 is 7.00. The van der Waals surface area contributed by atoms with Crippen LogP contribution in [-0.2, 0) is 0 Å². The van der Waals surface area contributed by atoms with Gasteiger partial charge in [0.05, 0.1) is 3.39 Å². The summed E-state index contributed by atoms with van der Waals surface area (Å²) in [6.07, 6.45) is 12.5. The van der Waals surface area contributed by atoms with E-state index < -0.39 is 0 Å². The van der Waals surface area contributed by atoms with Gasteiger partial charge in [0.1, 0.15) is 0 Å². The molecule has 0 aliphatic carbocycles. The van der Waals surface area contributed by atoms with Crippen LogP contribution in [0.1, 0.15) is 78.1 Å². The predicted molar refractivity (Wildman–Crippen MR) is 90.2 cm³/mol. The molecule has 0 amide bonds. The van der Waals surface area contributed by atoms with E-state index in [0.717, 1.165) is 16.2 Å². The Kier molecular flexibility index (Phi) is 13.9. The molecule has 0 unspecified atom stereocenters. The normalized spacial score (nSPS) is 9.78. The van der Waals surface area contributed by atoms with E-state index in [2.05, 4.69) is 57.5 Å². The van der Waals surface area contributed by atoms with Crippen molar-refractivity contribution < 1.29 is 0 Å². The highest BCUT2D eigenvalue weighted by molar-refractivity contribution is 9.28. The first-order chi connectivity index (χ1) is 8.72. The van der Waals surface area contributed by atoms with Gasteiger partial charge in [-0.2, -0.15) is 0 Å². The highest BCUT2D eigenvalue weighted by Crippen LogP contribution is 2.23. The Morgan fingerprint density at radius 1 is 0.833 bits per heavy atom. The van der Waals surface area contributed by atoms with Crippen LogP contribution in [0.25, 0.3) is 0 Å². The van der Waals surface area contributed by atoms with Gasteiger partial charge in [-0.15, -0.1) is 0 Å². The first kappa shape index (κ1) is 18.3. The average Bonchev–Trinajstić information content (AvgIpc) is 2.35. The minimum Gasteiger partial charge on any atom is -0.0982 e. The largest absolute Gasteiger partial charge is 0.0982 e. The standard InChI is InChI=1S/C16H26Br2/c1-3-5-7-9-10-12-14-15(16(17)18)13-11-8-6-4-2/h3-11,13H2,1-2H3. The van der Waals surface area contributed by atoms with E-state index in [1.807, 2.05) is 0 Å². The van der Waals surface area contributed by atoms with E-state index in [1.165, 1.54) is 56.9 Å². The molecular formula is C16H26Br2. The number of hydrogen-bond acceptors (Lipinski definition) is 0. The molecule has 0 atom stereocenters. The van der Waals surface area contributed by atoms with Crippen molar-refractivity contribution in [3.8, 4) is 11.8 Å². The summed E-state index contributed by atoms with van der Waals surface area (Å²) in [6, 6.07) is 0. The monoisotopic (exact) mass is 376 g/mol. The molecule has 0 spiro atoms. The predicted octanol–water partition coefficient (Wildman–Crippen LogP) is 6.93. The van der Waals surface area contributed by atoms with Crippen molar-refractivity contribution >= 4 is 31.9 Å². The zero-order chi connectivity index (χ0) is 13.6. The molecule has 0 fully saturated rings. The van der Waals surface area contributed by atoms with Crippen LogP contribution in [0.2, 0.25) is 0 Å². The second-order valence-electron chi connectivity index (χ2n) is 4.66. The van der Waals surface area contributed by atoms with Crippen molar-refractivity contribution in [2.24, 2.45) is 0 Å². The second-order valence-corrected chi connectivity index (χ2v) is 7.31. The molecule has 0 saturated carbocycles. The molecule has 0 bridgehead atoms. The molecule has 0 rings (SSSR count). The maximum Gasteiger partial charge on any atom is 0.0719 e. The van der Waals surface area contributed by atoms with E-state index in [-0.39, 0.29) is 0 Å². The van der Waals surface area contributed by atoms with Gasteiger partial charge < -0.3 is 0 Å². The van der Waals surface area contributed by atoms with Crippen LogP contribution in [0.15, 0.2) is 8.96 Å². The molecule has 0 aliphatic rings. The van der Waals surface area contributed by atoms with Gasteiger partial charge in [-0.05, 0) is 51.1 Å². The summed E-state index contributed by atoms with van der Waals surface area (Å²) in [5, 5.41) is 0. The quantitative estimate of drug-likeness (QED) is 0.301. The number of allylic oxidation sites excluding steroid dienone is 1. The Morgan fingerprint density at radius 3 is 2.00 bits per heavy atom. The fourth-order valence-electron chi connectivity index (χ4n) is 1.74. The summed E-state index contributed by atoms with van der Waals surface area (Å²) in [7, 11) is 0. The minimum atomic E-state index is 1.03. The lowest BCUT2D eigenvalue weighted by molar-refractivity contribution is 0.669. The average molecular weight is 378 g/mol. The van der Waals surface area contributed by atoms with Crippen molar-refractivity contribution in [3.63, 3.8) is 0 Å². The molecule has 104 valence electrons. The lowest BCUT2D eigenvalue weighted by Crippen LogP contribution is -1.83. The molecule has 0 heterocycles. The lowest BCUT2D eigenvalue weighted by atomic mass is 10.1. The van der Waals surface area contributed by atoms with Gasteiger partial charge in [-0.3, -0.25) is 0 Å². The molecule has 18 heavy (non-hydrogen) atoms. The number of halogens is 2. The van der Waals surface area contributed by atoms with Gasteiger partial charge in [0.25, 0.3) is 0 Å². The van der Waals surface area contributed by atoms with Gasteiger partial charge >= 0.3 is 0 Å². The molecule has 2 heteroatoms. The van der Waals surface area contributed by atoms with Crippen LogP contribution in [0.4, 0.5) is 0 Å². The third-order valence-electron chi connectivity index (χ3n) is 2.90. The summed E-state index contributed by atoms with van der Waals surface area (Å²) in [4.78, 5) is 0. The molecule has 0 aliphatic heterocycles.